The molecule has 158 valence electrons. The van der Waals surface area contributed by atoms with Crippen LogP contribution < -0.4 is 5.32 Å². The number of ketones is 1. The third kappa shape index (κ3) is 4.30. The van der Waals surface area contributed by atoms with Crippen molar-refractivity contribution in [1.82, 2.24) is 9.78 Å². The average molecular weight is 422 g/mol. The number of nitrogens with zero attached hydrogens (tertiary/aromatic N) is 2. The van der Waals surface area contributed by atoms with E-state index in [0.717, 1.165) is 19.1 Å². The molecular weight excluding hydrogens is 394 g/mol. The van der Waals surface area contributed by atoms with Crippen molar-refractivity contribution in [3.05, 3.63) is 34.5 Å². The second kappa shape index (κ2) is 8.16. The first-order valence-electron chi connectivity index (χ1n) is 9.53. The molecule has 0 spiro atoms. The average Bonchev–Trinajstić information content (AvgIpc) is 3.45. The highest BCUT2D eigenvalue weighted by Crippen LogP contribution is 2.44. The van der Waals surface area contributed by atoms with E-state index in [-0.39, 0.29) is 28.0 Å². The number of anilines is 1. The van der Waals surface area contributed by atoms with E-state index in [1.165, 1.54) is 16.8 Å². The molecule has 1 heterocycles. The Morgan fingerprint density at radius 2 is 2.07 bits per heavy atom. The Bertz CT molecular complexity index is 1040. The van der Waals surface area contributed by atoms with Gasteiger partial charge in [-0.25, -0.2) is 13.1 Å². The standard InChI is InChI=1S/C20H27N3O5S/c1-12-14(19(24)16-18(13-6-7-13)22-23(2)20(16)25)8-9-15(29(4,26)27)17(12)21-10-5-11-28-3/h8-9,13,21,25H,5-7,10-11H2,1-4H3. The van der Waals surface area contributed by atoms with E-state index in [4.69, 9.17) is 4.74 Å². The number of rotatable bonds is 9. The van der Waals surface area contributed by atoms with Gasteiger partial charge in [0.2, 0.25) is 11.7 Å². The van der Waals surface area contributed by atoms with Crippen LogP contribution in [0.5, 0.6) is 5.88 Å². The van der Waals surface area contributed by atoms with E-state index < -0.39 is 9.84 Å². The Balaban J connectivity index is 2.05. The zero-order valence-corrected chi connectivity index (χ0v) is 18.0. The van der Waals surface area contributed by atoms with Crippen molar-refractivity contribution >= 4 is 21.3 Å². The van der Waals surface area contributed by atoms with Crippen molar-refractivity contribution in [3.63, 3.8) is 0 Å². The lowest BCUT2D eigenvalue weighted by atomic mass is 9.96. The van der Waals surface area contributed by atoms with Crippen molar-refractivity contribution in [1.29, 1.82) is 0 Å². The summed E-state index contributed by atoms with van der Waals surface area (Å²) in [7, 11) is -0.293. The largest absolute Gasteiger partial charge is 0.493 e. The number of ether oxygens (including phenoxy) is 1. The quantitative estimate of drug-likeness (QED) is 0.472. The normalized spacial score (nSPS) is 14.2. The smallest absolute Gasteiger partial charge is 0.220 e. The molecule has 1 aliphatic rings. The highest BCUT2D eigenvalue weighted by Gasteiger charge is 2.35. The molecule has 1 aliphatic carbocycles. The van der Waals surface area contributed by atoms with Gasteiger partial charge < -0.3 is 15.2 Å². The van der Waals surface area contributed by atoms with E-state index in [0.29, 0.717) is 42.1 Å². The molecule has 1 aromatic heterocycles. The number of aromatic nitrogens is 2. The van der Waals surface area contributed by atoms with Crippen LogP contribution in [0.25, 0.3) is 0 Å². The predicted octanol–water partition coefficient (Wildman–Crippen LogP) is 2.39. The van der Waals surface area contributed by atoms with Crippen molar-refractivity contribution in [2.45, 2.75) is 37.0 Å². The van der Waals surface area contributed by atoms with Gasteiger partial charge in [-0.1, -0.05) is 0 Å². The van der Waals surface area contributed by atoms with Crippen molar-refractivity contribution in [3.8, 4) is 5.88 Å². The summed E-state index contributed by atoms with van der Waals surface area (Å²) in [5, 5.41) is 17.9. The summed E-state index contributed by atoms with van der Waals surface area (Å²) in [5.74, 6) is -0.337. The number of carbonyl (C=O) groups is 1. The molecule has 0 saturated heterocycles. The molecule has 3 rings (SSSR count). The van der Waals surface area contributed by atoms with E-state index in [1.54, 1.807) is 21.1 Å². The minimum absolute atomic E-state index is 0.141. The van der Waals surface area contributed by atoms with Crippen LogP contribution in [0.1, 0.15) is 52.4 Å². The highest BCUT2D eigenvalue weighted by molar-refractivity contribution is 7.90. The number of benzene rings is 1. The summed E-state index contributed by atoms with van der Waals surface area (Å²) in [6.45, 7) is 2.75. The van der Waals surface area contributed by atoms with E-state index in [9.17, 15) is 18.3 Å². The van der Waals surface area contributed by atoms with Crippen LogP contribution in [0.3, 0.4) is 0 Å². The Morgan fingerprint density at radius 3 is 2.66 bits per heavy atom. The fraction of sp³-hybridized carbons (Fsp3) is 0.500. The SMILES string of the molecule is COCCCNc1c(S(C)(=O)=O)ccc(C(=O)c2c(C3CC3)nn(C)c2O)c1C. The summed E-state index contributed by atoms with van der Waals surface area (Å²) in [5.41, 5.74) is 2.09. The Hall–Kier alpha value is -2.39. The Kier molecular flexibility index (Phi) is 6.00. The molecule has 1 fully saturated rings. The molecule has 0 atom stereocenters. The molecule has 0 radical (unpaired) electrons. The molecular formula is C20H27N3O5S. The molecule has 2 N–H and O–H groups in total. The number of sulfone groups is 1. The highest BCUT2D eigenvalue weighted by atomic mass is 32.2. The van der Waals surface area contributed by atoms with Crippen molar-refractivity contribution in [2.24, 2.45) is 7.05 Å². The predicted molar refractivity (Wildman–Crippen MR) is 110 cm³/mol. The van der Waals surface area contributed by atoms with Gasteiger partial charge in [-0.05, 0) is 43.9 Å². The van der Waals surface area contributed by atoms with Crippen LogP contribution in [0.2, 0.25) is 0 Å². The molecule has 1 saturated carbocycles. The lowest BCUT2D eigenvalue weighted by molar-refractivity contribution is 0.103. The van der Waals surface area contributed by atoms with E-state index in [1.807, 2.05) is 0 Å². The number of nitrogens with one attached hydrogen (secondary N) is 1. The zero-order chi connectivity index (χ0) is 21.3. The van der Waals surface area contributed by atoms with Gasteiger partial charge in [-0.15, -0.1) is 0 Å². The topological polar surface area (TPSA) is 111 Å². The molecule has 0 aliphatic heterocycles. The lowest BCUT2D eigenvalue weighted by Gasteiger charge is -2.17. The van der Waals surface area contributed by atoms with Crippen molar-refractivity contribution in [2.75, 3.05) is 31.8 Å². The monoisotopic (exact) mass is 421 g/mol. The molecule has 0 unspecified atom stereocenters. The summed E-state index contributed by atoms with van der Waals surface area (Å²) in [6.07, 6.45) is 3.71. The maximum Gasteiger partial charge on any atom is 0.220 e. The van der Waals surface area contributed by atoms with Crippen LogP contribution in [0.15, 0.2) is 17.0 Å². The van der Waals surface area contributed by atoms with Crippen LogP contribution in [0.4, 0.5) is 5.69 Å². The van der Waals surface area contributed by atoms with Crippen LogP contribution in [-0.4, -0.2) is 55.6 Å². The van der Waals surface area contributed by atoms with Gasteiger partial charge >= 0.3 is 0 Å². The van der Waals surface area contributed by atoms with Crippen LogP contribution >= 0.6 is 0 Å². The van der Waals surface area contributed by atoms with Crippen LogP contribution in [-0.2, 0) is 21.6 Å². The van der Waals surface area contributed by atoms with E-state index >= 15 is 0 Å². The molecule has 9 heteroatoms. The summed E-state index contributed by atoms with van der Waals surface area (Å²) < 4.78 is 30.8. The molecule has 29 heavy (non-hydrogen) atoms. The van der Waals surface area contributed by atoms with Gasteiger partial charge in [-0.2, -0.15) is 5.10 Å². The van der Waals surface area contributed by atoms with Gasteiger partial charge in [-0.3, -0.25) is 4.79 Å². The fourth-order valence-corrected chi connectivity index (χ4v) is 4.33. The van der Waals surface area contributed by atoms with E-state index in [2.05, 4.69) is 10.4 Å². The lowest BCUT2D eigenvalue weighted by Crippen LogP contribution is -2.14. The number of hydrogen-bond acceptors (Lipinski definition) is 7. The summed E-state index contributed by atoms with van der Waals surface area (Å²) in [4.78, 5) is 13.5. The number of carbonyl (C=O) groups excluding carboxylic acids is 1. The molecule has 8 nitrogen and oxygen atoms in total. The van der Waals surface area contributed by atoms with Gasteiger partial charge in [0.05, 0.1) is 16.3 Å². The fourth-order valence-electron chi connectivity index (χ4n) is 3.42. The van der Waals surface area contributed by atoms with Gasteiger partial charge in [0, 0.05) is 45.0 Å². The minimum Gasteiger partial charge on any atom is -0.493 e. The number of methoxy groups -OCH3 is 1. The molecule has 0 amide bonds. The molecule has 2 aromatic rings. The third-order valence-corrected chi connectivity index (χ3v) is 6.27. The first-order valence-corrected chi connectivity index (χ1v) is 11.4. The first kappa shape index (κ1) is 21.3. The third-order valence-electron chi connectivity index (χ3n) is 5.13. The van der Waals surface area contributed by atoms with Crippen molar-refractivity contribution < 1.29 is 23.1 Å². The first-order chi connectivity index (χ1) is 13.7. The molecule has 0 bridgehead atoms. The maximum absolute atomic E-state index is 13.3. The second-order valence-electron chi connectivity index (χ2n) is 7.47. The number of aromatic hydroxyl groups is 1. The Morgan fingerprint density at radius 1 is 1.38 bits per heavy atom. The van der Waals surface area contributed by atoms with Gasteiger partial charge in [0.25, 0.3) is 0 Å². The zero-order valence-electron chi connectivity index (χ0n) is 17.2. The molecule has 1 aromatic carbocycles. The van der Waals surface area contributed by atoms with Gasteiger partial charge in [0.15, 0.2) is 9.84 Å². The Labute approximate surface area is 170 Å². The summed E-state index contributed by atoms with van der Waals surface area (Å²) in [6, 6.07) is 2.95. The summed E-state index contributed by atoms with van der Waals surface area (Å²) >= 11 is 0. The minimum atomic E-state index is -3.49. The van der Waals surface area contributed by atoms with Gasteiger partial charge in [0.1, 0.15) is 5.56 Å². The van der Waals surface area contributed by atoms with Crippen LogP contribution in [0, 0.1) is 6.92 Å². The second-order valence-corrected chi connectivity index (χ2v) is 9.45. The number of aryl methyl sites for hydroxylation is 1. The number of hydrogen-bond donors (Lipinski definition) is 2. The maximum atomic E-state index is 13.3.